The van der Waals surface area contributed by atoms with Crippen LogP contribution in [0, 0.1) is 6.92 Å². The lowest BCUT2D eigenvalue weighted by Crippen LogP contribution is -2.17. The van der Waals surface area contributed by atoms with E-state index in [-0.39, 0.29) is 19.2 Å². The number of hydrogen-bond acceptors (Lipinski definition) is 6. The average molecular weight is 361 g/mol. The predicted molar refractivity (Wildman–Crippen MR) is 95.1 cm³/mol. The van der Waals surface area contributed by atoms with Gasteiger partial charge in [0.15, 0.2) is 0 Å². The van der Waals surface area contributed by atoms with Crippen molar-refractivity contribution in [1.82, 2.24) is 15.0 Å². The highest BCUT2D eigenvalue weighted by Gasteiger charge is 2.24. The molecule has 0 bridgehead atoms. The van der Waals surface area contributed by atoms with E-state index in [1.54, 1.807) is 18.5 Å². The van der Waals surface area contributed by atoms with Crippen molar-refractivity contribution in [3.8, 4) is 11.8 Å². The first-order valence-electron chi connectivity index (χ1n) is 7.73. The SMILES string of the molecule is Cc1c(OCCO)ccnc1C(Oc1nc2ccccc2[nH]1)S(C)=O. The summed E-state index contributed by atoms with van der Waals surface area (Å²) >= 11 is 0. The van der Waals surface area contributed by atoms with Gasteiger partial charge in [-0.1, -0.05) is 12.1 Å². The van der Waals surface area contributed by atoms with E-state index >= 15 is 0 Å². The van der Waals surface area contributed by atoms with Gasteiger partial charge in [0.25, 0.3) is 6.01 Å². The number of nitrogens with one attached hydrogen (secondary N) is 1. The number of aromatic amines is 1. The number of nitrogens with zero attached hydrogens (tertiary/aromatic N) is 2. The average Bonchev–Trinajstić information content (AvgIpc) is 3.01. The minimum atomic E-state index is -1.35. The number of rotatable bonds is 7. The highest BCUT2D eigenvalue weighted by Crippen LogP contribution is 2.29. The van der Waals surface area contributed by atoms with Crippen LogP contribution in [0.2, 0.25) is 0 Å². The molecule has 2 aromatic heterocycles. The molecule has 0 aliphatic heterocycles. The lowest BCUT2D eigenvalue weighted by Gasteiger charge is -2.18. The standard InChI is InChI=1S/C17H19N3O4S/c1-11-14(23-10-9-21)7-8-18-15(11)16(25(2)22)24-17-19-12-5-3-4-6-13(12)20-17/h3-8,16,21H,9-10H2,1-2H3,(H,19,20). The molecule has 0 aliphatic carbocycles. The van der Waals surface area contributed by atoms with Crippen molar-refractivity contribution in [1.29, 1.82) is 0 Å². The van der Waals surface area contributed by atoms with Crippen molar-refractivity contribution in [2.75, 3.05) is 19.5 Å². The van der Waals surface area contributed by atoms with Crippen molar-refractivity contribution >= 4 is 21.8 Å². The second-order valence-corrected chi connectivity index (χ2v) is 6.82. The van der Waals surface area contributed by atoms with Crippen LogP contribution < -0.4 is 9.47 Å². The number of fused-ring (bicyclic) bond motifs is 1. The molecule has 8 heteroatoms. The molecule has 0 amide bonds. The summed E-state index contributed by atoms with van der Waals surface area (Å²) < 4.78 is 23.6. The molecule has 25 heavy (non-hydrogen) atoms. The molecule has 132 valence electrons. The predicted octanol–water partition coefficient (Wildman–Crippen LogP) is 2.09. The molecular weight excluding hydrogens is 342 g/mol. The van der Waals surface area contributed by atoms with Crippen LogP contribution in [0.4, 0.5) is 0 Å². The topological polar surface area (TPSA) is 97.3 Å². The number of imidazole rings is 1. The number of hydrogen-bond donors (Lipinski definition) is 2. The molecular formula is C17H19N3O4S. The fraction of sp³-hybridized carbons (Fsp3) is 0.294. The van der Waals surface area contributed by atoms with Gasteiger partial charge < -0.3 is 19.6 Å². The first-order chi connectivity index (χ1) is 12.1. The zero-order chi connectivity index (χ0) is 17.8. The fourth-order valence-corrected chi connectivity index (χ4v) is 3.23. The Morgan fingerprint density at radius 3 is 2.84 bits per heavy atom. The highest BCUT2D eigenvalue weighted by atomic mass is 32.2. The second-order valence-electron chi connectivity index (χ2n) is 5.40. The quantitative estimate of drug-likeness (QED) is 0.669. The van der Waals surface area contributed by atoms with Gasteiger partial charge >= 0.3 is 0 Å². The van der Waals surface area contributed by atoms with Crippen LogP contribution in [-0.4, -0.2) is 43.7 Å². The van der Waals surface area contributed by atoms with Crippen molar-refractivity contribution in [2.24, 2.45) is 0 Å². The van der Waals surface area contributed by atoms with Gasteiger partial charge in [0.05, 0.1) is 28.4 Å². The Labute approximate surface area is 147 Å². The molecule has 2 heterocycles. The summed E-state index contributed by atoms with van der Waals surface area (Å²) in [6, 6.07) is 9.52. The molecule has 7 nitrogen and oxygen atoms in total. The van der Waals surface area contributed by atoms with Crippen molar-refractivity contribution in [2.45, 2.75) is 12.4 Å². The van der Waals surface area contributed by atoms with Gasteiger partial charge in [0.2, 0.25) is 5.44 Å². The van der Waals surface area contributed by atoms with Crippen LogP contribution in [-0.2, 0) is 10.8 Å². The smallest absolute Gasteiger partial charge is 0.296 e. The Balaban J connectivity index is 1.92. The second kappa shape index (κ2) is 7.62. The molecule has 2 N–H and O–H groups in total. The maximum Gasteiger partial charge on any atom is 0.296 e. The third-order valence-corrected chi connectivity index (χ3v) is 4.58. The summed E-state index contributed by atoms with van der Waals surface area (Å²) in [6.45, 7) is 1.90. The number of ether oxygens (including phenoxy) is 2. The number of pyridine rings is 1. The third-order valence-electron chi connectivity index (χ3n) is 3.65. The molecule has 0 fully saturated rings. The van der Waals surface area contributed by atoms with Gasteiger partial charge in [-0.3, -0.25) is 9.19 Å². The van der Waals surface area contributed by atoms with Crippen LogP contribution in [0.1, 0.15) is 16.7 Å². The molecule has 0 radical (unpaired) electrons. The van der Waals surface area contributed by atoms with Gasteiger partial charge in [-0.15, -0.1) is 0 Å². The number of aliphatic hydroxyl groups excluding tert-OH is 1. The molecule has 2 atom stereocenters. The summed E-state index contributed by atoms with van der Waals surface area (Å²) in [7, 11) is -1.35. The summed E-state index contributed by atoms with van der Waals surface area (Å²) in [5.41, 5.74) is 2.04. The third kappa shape index (κ3) is 3.80. The minimum Gasteiger partial charge on any atom is -0.491 e. The molecule has 0 aliphatic rings. The number of aliphatic hydroxyl groups is 1. The van der Waals surface area contributed by atoms with Crippen LogP contribution >= 0.6 is 0 Å². The number of H-pyrrole nitrogens is 1. The Morgan fingerprint density at radius 1 is 1.32 bits per heavy atom. The van der Waals surface area contributed by atoms with Gasteiger partial charge in [0, 0.05) is 18.0 Å². The first kappa shape index (κ1) is 17.4. The molecule has 3 rings (SSSR count). The van der Waals surface area contributed by atoms with E-state index in [2.05, 4.69) is 15.0 Å². The lowest BCUT2D eigenvalue weighted by molar-refractivity contribution is 0.199. The van der Waals surface area contributed by atoms with E-state index in [1.165, 1.54) is 0 Å². The van der Waals surface area contributed by atoms with E-state index in [0.29, 0.717) is 17.0 Å². The zero-order valence-electron chi connectivity index (χ0n) is 13.9. The number of para-hydroxylation sites is 2. The molecule has 1 aromatic carbocycles. The maximum atomic E-state index is 12.3. The van der Waals surface area contributed by atoms with Crippen LogP contribution in [0.25, 0.3) is 11.0 Å². The zero-order valence-corrected chi connectivity index (χ0v) is 14.7. The van der Waals surface area contributed by atoms with Crippen molar-refractivity contribution < 1.29 is 18.8 Å². The first-order valence-corrected chi connectivity index (χ1v) is 9.35. The van der Waals surface area contributed by atoms with Gasteiger partial charge in [-0.05, 0) is 25.1 Å². The van der Waals surface area contributed by atoms with Gasteiger partial charge in [-0.2, -0.15) is 4.98 Å². The Morgan fingerprint density at radius 2 is 2.12 bits per heavy atom. The normalized spacial score (nSPS) is 13.6. The Kier molecular flexibility index (Phi) is 5.30. The number of benzene rings is 1. The van der Waals surface area contributed by atoms with E-state index < -0.39 is 16.2 Å². The summed E-state index contributed by atoms with van der Waals surface area (Å²) in [4.78, 5) is 11.7. The van der Waals surface area contributed by atoms with E-state index in [0.717, 1.165) is 11.0 Å². The van der Waals surface area contributed by atoms with Gasteiger partial charge in [-0.25, -0.2) is 0 Å². The Hall–Kier alpha value is -2.45. The number of aromatic nitrogens is 3. The van der Waals surface area contributed by atoms with E-state index in [1.807, 2.05) is 31.2 Å². The van der Waals surface area contributed by atoms with Crippen LogP contribution in [0.15, 0.2) is 36.5 Å². The molecule has 3 aromatic rings. The highest BCUT2D eigenvalue weighted by molar-refractivity contribution is 7.84. The summed E-state index contributed by atoms with van der Waals surface area (Å²) in [6.07, 6.45) is 3.12. The monoisotopic (exact) mass is 361 g/mol. The lowest BCUT2D eigenvalue weighted by atomic mass is 10.2. The molecule has 2 unspecified atom stereocenters. The van der Waals surface area contributed by atoms with Crippen molar-refractivity contribution in [3.63, 3.8) is 0 Å². The molecule has 0 saturated heterocycles. The minimum absolute atomic E-state index is 0.0876. The Bertz CT molecular complexity index is 863. The maximum absolute atomic E-state index is 12.3. The van der Waals surface area contributed by atoms with E-state index in [4.69, 9.17) is 14.6 Å². The summed E-state index contributed by atoms with van der Waals surface area (Å²) in [5.74, 6) is 0.572. The fourth-order valence-electron chi connectivity index (χ4n) is 2.45. The van der Waals surface area contributed by atoms with Crippen molar-refractivity contribution in [3.05, 3.63) is 47.8 Å². The largest absolute Gasteiger partial charge is 0.491 e. The summed E-state index contributed by atoms with van der Waals surface area (Å²) in [5, 5.41) is 8.92. The molecule has 0 spiro atoms. The molecule has 0 saturated carbocycles. The van der Waals surface area contributed by atoms with Crippen LogP contribution in [0.5, 0.6) is 11.8 Å². The van der Waals surface area contributed by atoms with Gasteiger partial charge in [0.1, 0.15) is 18.1 Å². The van der Waals surface area contributed by atoms with E-state index in [9.17, 15) is 4.21 Å². The van der Waals surface area contributed by atoms with Crippen LogP contribution in [0.3, 0.4) is 0 Å².